The molecule has 0 aliphatic carbocycles. The Balaban J connectivity index is 2.24. The molecule has 0 aromatic heterocycles. The number of carbonyl (C=O) groups is 1. The number of ether oxygens (including phenoxy) is 2. The molecule has 0 saturated carbocycles. The maximum atomic E-state index is 12.9. The molecule has 1 amide bonds. The van der Waals surface area contributed by atoms with Crippen LogP contribution in [0.3, 0.4) is 0 Å². The summed E-state index contributed by atoms with van der Waals surface area (Å²) in [6.45, 7) is 3.81. The van der Waals surface area contributed by atoms with Crippen LogP contribution in [0.4, 0.5) is 0 Å². The van der Waals surface area contributed by atoms with Crippen LogP contribution in [-0.2, 0) is 14.3 Å². The SMILES string of the molecule is CCCCCCCCCCCCC/C=C\CCCCCCCCCC(=O)NC(COC1OC(CO)C(O)C(O)C1O)C(O)CCCCCCCCCCC. The number of rotatable bonds is 38. The largest absolute Gasteiger partial charge is 0.394 e. The number of unbranched alkanes of at least 4 members (excludes halogenated alkanes) is 26. The highest BCUT2D eigenvalue weighted by atomic mass is 16.7. The van der Waals surface area contributed by atoms with Crippen LogP contribution < -0.4 is 5.32 Å². The van der Waals surface area contributed by atoms with Crippen molar-refractivity contribution >= 4 is 5.91 Å². The molecule has 1 fully saturated rings. The second-order valence-corrected chi connectivity index (χ2v) is 16.2. The molecule has 0 radical (unpaired) electrons. The summed E-state index contributed by atoms with van der Waals surface area (Å²) in [5.41, 5.74) is 0. The van der Waals surface area contributed by atoms with Crippen LogP contribution in [0.5, 0.6) is 0 Å². The van der Waals surface area contributed by atoms with E-state index in [1.807, 2.05) is 0 Å². The summed E-state index contributed by atoms with van der Waals surface area (Å²) in [5.74, 6) is -0.150. The first-order valence-corrected chi connectivity index (χ1v) is 22.9. The average molecular weight is 770 g/mol. The molecule has 1 saturated heterocycles. The van der Waals surface area contributed by atoms with Gasteiger partial charge in [-0.15, -0.1) is 0 Å². The first kappa shape index (κ1) is 50.9. The van der Waals surface area contributed by atoms with Crippen LogP contribution in [0, 0.1) is 0 Å². The van der Waals surface area contributed by atoms with E-state index in [1.165, 1.54) is 148 Å². The van der Waals surface area contributed by atoms with Gasteiger partial charge in [-0.1, -0.05) is 180 Å². The Hall–Kier alpha value is -1.07. The lowest BCUT2D eigenvalue weighted by Crippen LogP contribution is -2.60. The van der Waals surface area contributed by atoms with Gasteiger partial charge in [-0.25, -0.2) is 0 Å². The van der Waals surface area contributed by atoms with Gasteiger partial charge in [-0.05, 0) is 38.5 Å². The topological polar surface area (TPSA) is 149 Å². The van der Waals surface area contributed by atoms with Gasteiger partial charge < -0.3 is 40.3 Å². The molecule has 0 aromatic carbocycles. The maximum Gasteiger partial charge on any atom is 0.220 e. The van der Waals surface area contributed by atoms with Gasteiger partial charge in [0.2, 0.25) is 5.91 Å². The molecule has 1 rings (SSSR count). The second kappa shape index (κ2) is 36.3. The van der Waals surface area contributed by atoms with Crippen molar-refractivity contribution in [2.75, 3.05) is 13.2 Å². The van der Waals surface area contributed by atoms with E-state index in [0.717, 1.165) is 38.5 Å². The Kier molecular flexibility index (Phi) is 34.2. The first-order chi connectivity index (χ1) is 26.3. The van der Waals surface area contributed by atoms with Crippen molar-refractivity contribution in [2.45, 2.75) is 256 Å². The van der Waals surface area contributed by atoms with Crippen molar-refractivity contribution in [3.05, 3.63) is 12.2 Å². The van der Waals surface area contributed by atoms with E-state index in [-0.39, 0.29) is 12.5 Å². The minimum atomic E-state index is -1.55. The molecule has 1 aliphatic rings. The van der Waals surface area contributed by atoms with Crippen LogP contribution in [0.15, 0.2) is 12.2 Å². The Morgan fingerprint density at radius 1 is 0.611 bits per heavy atom. The molecule has 54 heavy (non-hydrogen) atoms. The number of carbonyl (C=O) groups excluding carboxylic acids is 1. The van der Waals surface area contributed by atoms with Gasteiger partial charge in [0.25, 0.3) is 0 Å². The third-order valence-electron chi connectivity index (χ3n) is 11.1. The van der Waals surface area contributed by atoms with E-state index in [4.69, 9.17) is 9.47 Å². The fourth-order valence-electron chi connectivity index (χ4n) is 7.39. The minimum Gasteiger partial charge on any atom is -0.394 e. The van der Waals surface area contributed by atoms with E-state index >= 15 is 0 Å². The molecule has 7 unspecified atom stereocenters. The van der Waals surface area contributed by atoms with E-state index in [0.29, 0.717) is 12.8 Å². The van der Waals surface area contributed by atoms with Gasteiger partial charge in [0.05, 0.1) is 25.4 Å². The number of nitrogens with one attached hydrogen (secondary N) is 1. The number of aliphatic hydroxyl groups excluding tert-OH is 5. The number of amides is 1. The third-order valence-corrected chi connectivity index (χ3v) is 11.1. The summed E-state index contributed by atoms with van der Waals surface area (Å²) in [4.78, 5) is 12.9. The molecule has 9 heteroatoms. The van der Waals surface area contributed by atoms with Gasteiger partial charge in [-0.3, -0.25) is 4.79 Å². The molecular formula is C45H87NO8. The van der Waals surface area contributed by atoms with Gasteiger partial charge in [0.15, 0.2) is 6.29 Å². The molecule has 0 bridgehead atoms. The highest BCUT2D eigenvalue weighted by Gasteiger charge is 2.44. The predicted octanol–water partition coefficient (Wildman–Crippen LogP) is 9.34. The number of aliphatic hydroxyl groups is 5. The summed E-state index contributed by atoms with van der Waals surface area (Å²) < 4.78 is 11.2. The molecule has 9 nitrogen and oxygen atoms in total. The summed E-state index contributed by atoms with van der Waals surface area (Å²) in [7, 11) is 0. The van der Waals surface area contributed by atoms with Crippen molar-refractivity contribution in [3.63, 3.8) is 0 Å². The van der Waals surface area contributed by atoms with Gasteiger partial charge in [-0.2, -0.15) is 0 Å². The second-order valence-electron chi connectivity index (χ2n) is 16.2. The lowest BCUT2D eigenvalue weighted by molar-refractivity contribution is -0.302. The molecule has 6 N–H and O–H groups in total. The minimum absolute atomic E-state index is 0.137. The van der Waals surface area contributed by atoms with E-state index < -0.39 is 49.5 Å². The average Bonchev–Trinajstić information content (AvgIpc) is 3.17. The van der Waals surface area contributed by atoms with Gasteiger partial charge >= 0.3 is 0 Å². The fourth-order valence-corrected chi connectivity index (χ4v) is 7.39. The van der Waals surface area contributed by atoms with Crippen LogP contribution in [0.25, 0.3) is 0 Å². The van der Waals surface area contributed by atoms with E-state index in [9.17, 15) is 30.3 Å². The van der Waals surface area contributed by atoms with Crippen molar-refractivity contribution in [2.24, 2.45) is 0 Å². The van der Waals surface area contributed by atoms with E-state index in [1.54, 1.807) is 0 Å². The molecule has 1 aliphatic heterocycles. The lowest BCUT2D eigenvalue weighted by Gasteiger charge is -2.40. The molecule has 320 valence electrons. The summed E-state index contributed by atoms with van der Waals surface area (Å²) >= 11 is 0. The Morgan fingerprint density at radius 3 is 1.50 bits per heavy atom. The highest BCUT2D eigenvalue weighted by molar-refractivity contribution is 5.76. The molecule has 0 spiro atoms. The quantitative estimate of drug-likeness (QED) is 0.0269. The number of allylic oxidation sites excluding steroid dienone is 2. The smallest absolute Gasteiger partial charge is 0.220 e. The van der Waals surface area contributed by atoms with Gasteiger partial charge in [0.1, 0.15) is 24.4 Å². The Bertz CT molecular complexity index is 858. The van der Waals surface area contributed by atoms with Crippen molar-refractivity contribution in [1.82, 2.24) is 5.32 Å². The van der Waals surface area contributed by atoms with E-state index in [2.05, 4.69) is 31.3 Å². The molecule has 0 aromatic rings. The maximum absolute atomic E-state index is 12.9. The summed E-state index contributed by atoms with van der Waals surface area (Å²) in [5, 5.41) is 54.1. The van der Waals surface area contributed by atoms with Crippen LogP contribution in [-0.4, -0.2) is 87.5 Å². The fraction of sp³-hybridized carbons (Fsp3) is 0.933. The monoisotopic (exact) mass is 770 g/mol. The van der Waals surface area contributed by atoms with Crippen LogP contribution in [0.2, 0.25) is 0 Å². The zero-order chi connectivity index (χ0) is 39.5. The summed E-state index contributed by atoms with van der Waals surface area (Å²) in [6, 6.07) is -0.715. The molecule has 7 atom stereocenters. The zero-order valence-corrected chi connectivity index (χ0v) is 35.0. The highest BCUT2D eigenvalue weighted by Crippen LogP contribution is 2.23. The standard InChI is InChI=1S/C45H87NO8/c1-3-5-7-9-11-13-14-15-16-17-18-19-20-21-22-23-24-25-27-29-31-33-35-41(49)46-38(39(48)34-32-30-28-26-12-10-8-6-4-2)37-53-45-44(52)43(51)42(50)40(36-47)54-45/h20-21,38-40,42-45,47-48,50-52H,3-19,22-37H2,1-2H3,(H,46,49)/b21-20-. The normalized spacial score (nSPS) is 21.5. The first-order valence-electron chi connectivity index (χ1n) is 22.9. The number of hydrogen-bond acceptors (Lipinski definition) is 8. The van der Waals surface area contributed by atoms with Crippen LogP contribution >= 0.6 is 0 Å². The summed E-state index contributed by atoms with van der Waals surface area (Å²) in [6.07, 6.45) is 33.8. The van der Waals surface area contributed by atoms with Crippen LogP contribution in [0.1, 0.15) is 213 Å². The van der Waals surface area contributed by atoms with Crippen molar-refractivity contribution in [1.29, 1.82) is 0 Å². The lowest BCUT2D eigenvalue weighted by atomic mass is 9.99. The Labute approximate surface area is 331 Å². The predicted molar refractivity (Wildman–Crippen MR) is 221 cm³/mol. The number of hydrogen-bond donors (Lipinski definition) is 6. The van der Waals surface area contributed by atoms with Crippen molar-refractivity contribution < 1.29 is 39.8 Å². The molecular weight excluding hydrogens is 682 g/mol. The third kappa shape index (κ3) is 26.7. The van der Waals surface area contributed by atoms with Crippen molar-refractivity contribution in [3.8, 4) is 0 Å². The molecule has 1 heterocycles. The Morgan fingerprint density at radius 2 is 1.04 bits per heavy atom. The zero-order valence-electron chi connectivity index (χ0n) is 35.0. The van der Waals surface area contributed by atoms with Gasteiger partial charge in [0, 0.05) is 6.42 Å².